The summed E-state index contributed by atoms with van der Waals surface area (Å²) in [5.74, 6) is -0.311. The Morgan fingerprint density at radius 3 is 2.48 bits per heavy atom. The fourth-order valence-electron chi connectivity index (χ4n) is 2.21. The lowest BCUT2D eigenvalue weighted by atomic mass is 10.1. The van der Waals surface area contributed by atoms with Crippen LogP contribution in [0.15, 0.2) is 28.8 Å². The number of hydrogen-bond donors (Lipinski definition) is 1. The second kappa shape index (κ2) is 7.32. The number of aliphatic hydroxyl groups excluding tert-OH is 1. The van der Waals surface area contributed by atoms with Gasteiger partial charge in [0.1, 0.15) is 5.82 Å². The first-order chi connectivity index (χ1) is 10.9. The van der Waals surface area contributed by atoms with E-state index in [2.05, 4.69) is 10.1 Å². The molecule has 0 aliphatic carbocycles. The summed E-state index contributed by atoms with van der Waals surface area (Å²) in [5.41, 5.74) is 0.539. The van der Waals surface area contributed by atoms with Crippen LogP contribution in [0.5, 0.6) is 0 Å². The van der Waals surface area contributed by atoms with Crippen molar-refractivity contribution in [2.75, 3.05) is 13.1 Å². The van der Waals surface area contributed by atoms with Gasteiger partial charge in [-0.2, -0.15) is 4.98 Å². The van der Waals surface area contributed by atoms with E-state index in [-0.39, 0.29) is 24.1 Å². The van der Waals surface area contributed by atoms with Crippen molar-refractivity contribution in [2.24, 2.45) is 5.92 Å². The lowest BCUT2D eigenvalue weighted by Crippen LogP contribution is -2.38. The average molecular weight is 321 g/mol. The minimum atomic E-state index is -0.925. The fourth-order valence-corrected chi connectivity index (χ4v) is 2.21. The fraction of sp³-hybridized carbons (Fsp3) is 0.438. The molecule has 7 heteroatoms. The van der Waals surface area contributed by atoms with Gasteiger partial charge in [0.25, 0.3) is 11.7 Å². The Morgan fingerprint density at radius 2 is 1.96 bits per heavy atom. The van der Waals surface area contributed by atoms with Crippen LogP contribution in [0.4, 0.5) is 4.39 Å². The number of aryl methyl sites for hydroxylation is 1. The van der Waals surface area contributed by atoms with E-state index in [1.165, 1.54) is 29.2 Å². The highest BCUT2D eigenvalue weighted by Crippen LogP contribution is 2.17. The van der Waals surface area contributed by atoms with Crippen LogP contribution in [0, 0.1) is 18.7 Å². The van der Waals surface area contributed by atoms with Gasteiger partial charge < -0.3 is 14.5 Å². The Balaban J connectivity index is 2.14. The van der Waals surface area contributed by atoms with E-state index >= 15 is 0 Å². The van der Waals surface area contributed by atoms with E-state index in [9.17, 15) is 14.3 Å². The van der Waals surface area contributed by atoms with Crippen LogP contribution in [0.1, 0.15) is 42.0 Å². The summed E-state index contributed by atoms with van der Waals surface area (Å²) in [7, 11) is 0. The molecule has 1 atom stereocenters. The minimum absolute atomic E-state index is 0.0329. The smallest absolute Gasteiger partial charge is 0.295 e. The van der Waals surface area contributed by atoms with Gasteiger partial charge in [-0.1, -0.05) is 31.1 Å². The predicted molar refractivity (Wildman–Crippen MR) is 81.1 cm³/mol. The highest BCUT2D eigenvalue weighted by Gasteiger charge is 2.24. The van der Waals surface area contributed by atoms with Gasteiger partial charge in [-0.3, -0.25) is 4.79 Å². The number of carbonyl (C=O) groups is 1. The first-order valence-corrected chi connectivity index (χ1v) is 7.40. The highest BCUT2D eigenvalue weighted by molar-refractivity contribution is 5.90. The van der Waals surface area contributed by atoms with E-state index in [1.54, 1.807) is 6.92 Å². The first-order valence-electron chi connectivity index (χ1n) is 7.40. The Hall–Kier alpha value is -2.28. The molecule has 2 aromatic rings. The summed E-state index contributed by atoms with van der Waals surface area (Å²) in [6, 6.07) is 5.54. The van der Waals surface area contributed by atoms with Gasteiger partial charge in [0.15, 0.2) is 0 Å². The van der Waals surface area contributed by atoms with Crippen molar-refractivity contribution in [2.45, 2.75) is 26.9 Å². The number of benzene rings is 1. The molecule has 2 rings (SSSR count). The topological polar surface area (TPSA) is 79.5 Å². The van der Waals surface area contributed by atoms with Crippen molar-refractivity contribution in [3.05, 3.63) is 47.4 Å². The Labute approximate surface area is 133 Å². The number of rotatable bonds is 6. The van der Waals surface area contributed by atoms with Gasteiger partial charge in [0.05, 0.1) is 12.6 Å². The van der Waals surface area contributed by atoms with Crippen molar-refractivity contribution >= 4 is 5.91 Å². The molecule has 0 aliphatic heterocycles. The van der Waals surface area contributed by atoms with E-state index in [0.717, 1.165) is 0 Å². The van der Waals surface area contributed by atoms with Crippen LogP contribution < -0.4 is 0 Å². The molecule has 1 aromatic carbocycles. The molecule has 1 amide bonds. The van der Waals surface area contributed by atoms with Crippen LogP contribution in [0.25, 0.3) is 0 Å². The second-order valence-corrected chi connectivity index (χ2v) is 5.81. The van der Waals surface area contributed by atoms with Crippen LogP contribution in [0.3, 0.4) is 0 Å². The monoisotopic (exact) mass is 321 g/mol. The highest BCUT2D eigenvalue weighted by atomic mass is 19.1. The van der Waals surface area contributed by atoms with E-state index in [1.807, 2.05) is 13.8 Å². The first kappa shape index (κ1) is 17.1. The van der Waals surface area contributed by atoms with Gasteiger partial charge in [0, 0.05) is 13.5 Å². The summed E-state index contributed by atoms with van der Waals surface area (Å²) in [6.07, 6.45) is -0.925. The maximum absolute atomic E-state index is 13.0. The third-order valence-electron chi connectivity index (χ3n) is 3.24. The molecular weight excluding hydrogens is 301 g/mol. The second-order valence-electron chi connectivity index (χ2n) is 5.81. The van der Waals surface area contributed by atoms with Crippen molar-refractivity contribution in [1.29, 1.82) is 0 Å². The summed E-state index contributed by atoms with van der Waals surface area (Å²) in [6.45, 7) is 6.03. The van der Waals surface area contributed by atoms with Gasteiger partial charge in [-0.25, -0.2) is 4.39 Å². The van der Waals surface area contributed by atoms with Gasteiger partial charge in [0.2, 0.25) is 5.89 Å². The number of carbonyl (C=O) groups excluding carboxylic acids is 1. The number of amides is 1. The van der Waals surface area contributed by atoms with Crippen LogP contribution in [0.2, 0.25) is 0 Å². The zero-order chi connectivity index (χ0) is 17.0. The number of hydrogen-bond acceptors (Lipinski definition) is 5. The third kappa shape index (κ3) is 4.59. The summed E-state index contributed by atoms with van der Waals surface area (Å²) < 4.78 is 17.8. The van der Waals surface area contributed by atoms with Crippen LogP contribution >= 0.6 is 0 Å². The molecule has 0 bridgehead atoms. The summed E-state index contributed by atoms with van der Waals surface area (Å²) >= 11 is 0. The quantitative estimate of drug-likeness (QED) is 0.883. The molecule has 1 heterocycles. The molecule has 0 fully saturated rings. The zero-order valence-corrected chi connectivity index (χ0v) is 13.4. The van der Waals surface area contributed by atoms with Crippen LogP contribution in [-0.4, -0.2) is 39.1 Å². The van der Waals surface area contributed by atoms with E-state index < -0.39 is 12.0 Å². The van der Waals surface area contributed by atoms with E-state index in [0.29, 0.717) is 18.0 Å². The molecule has 0 saturated carbocycles. The van der Waals surface area contributed by atoms with Crippen molar-refractivity contribution < 1.29 is 18.8 Å². The lowest BCUT2D eigenvalue weighted by Gasteiger charge is -2.26. The molecule has 0 radical (unpaired) electrons. The van der Waals surface area contributed by atoms with Gasteiger partial charge in [-0.15, -0.1) is 0 Å². The van der Waals surface area contributed by atoms with Gasteiger partial charge >= 0.3 is 0 Å². The standard InChI is InChI=1S/C16H20FN3O3/c1-10(2)8-20(16(22)15-18-11(3)23-19-15)9-14(21)12-4-6-13(17)7-5-12/h4-7,10,14,21H,8-9H2,1-3H3. The maximum atomic E-state index is 13.0. The molecule has 23 heavy (non-hydrogen) atoms. The number of nitrogens with zero attached hydrogens (tertiary/aromatic N) is 3. The summed E-state index contributed by atoms with van der Waals surface area (Å²) in [5, 5.41) is 13.9. The molecule has 1 unspecified atom stereocenters. The lowest BCUT2D eigenvalue weighted by molar-refractivity contribution is 0.0580. The Morgan fingerprint density at radius 1 is 1.30 bits per heavy atom. The van der Waals surface area contributed by atoms with E-state index in [4.69, 9.17) is 4.52 Å². The molecular formula is C16H20FN3O3. The SMILES string of the molecule is Cc1nc(C(=O)N(CC(C)C)CC(O)c2ccc(F)cc2)no1. The maximum Gasteiger partial charge on any atom is 0.295 e. The number of halogens is 1. The predicted octanol–water partition coefficient (Wildman–Crippen LogP) is 2.35. The summed E-state index contributed by atoms with van der Waals surface area (Å²) in [4.78, 5) is 17.9. The molecule has 1 N–H and O–H groups in total. The molecule has 124 valence electrons. The molecule has 0 saturated heterocycles. The van der Waals surface area contributed by atoms with Gasteiger partial charge in [-0.05, 0) is 23.6 Å². The Kier molecular flexibility index (Phi) is 5.44. The zero-order valence-electron chi connectivity index (χ0n) is 13.4. The molecule has 0 spiro atoms. The molecule has 0 aliphatic rings. The minimum Gasteiger partial charge on any atom is -0.387 e. The van der Waals surface area contributed by atoms with Crippen molar-refractivity contribution in [3.63, 3.8) is 0 Å². The normalized spacial score (nSPS) is 12.4. The molecule has 1 aromatic heterocycles. The number of aromatic nitrogens is 2. The average Bonchev–Trinajstić information content (AvgIpc) is 2.92. The van der Waals surface area contributed by atoms with Crippen molar-refractivity contribution in [1.82, 2.24) is 15.0 Å². The Bertz CT molecular complexity index is 655. The number of aliphatic hydroxyl groups is 1. The van der Waals surface area contributed by atoms with Crippen molar-refractivity contribution in [3.8, 4) is 0 Å². The van der Waals surface area contributed by atoms with Crippen LogP contribution in [-0.2, 0) is 0 Å². The largest absolute Gasteiger partial charge is 0.387 e. The third-order valence-corrected chi connectivity index (χ3v) is 3.24. The molecule has 6 nitrogen and oxygen atoms in total.